The molecule has 3 aromatic rings. The predicted octanol–water partition coefficient (Wildman–Crippen LogP) is 4.69. The third kappa shape index (κ3) is 4.50. The molecule has 0 aliphatic rings. The second-order valence-electron chi connectivity index (χ2n) is 7.59. The number of aryl methyl sites for hydroxylation is 2. The van der Waals surface area contributed by atoms with Crippen molar-refractivity contribution in [1.82, 2.24) is 14.5 Å². The Balaban J connectivity index is 1.89. The summed E-state index contributed by atoms with van der Waals surface area (Å²) in [7, 11) is 1.96. The molecule has 0 aliphatic heterocycles. The molecule has 28 heavy (non-hydrogen) atoms. The SMILES string of the molecule is Cc1ccccc1[C@H](CC(=O)N(Cc1nccn1C)C(C)C)c1ccccc1. The lowest BCUT2D eigenvalue weighted by Gasteiger charge is -2.29. The molecule has 1 heterocycles. The van der Waals surface area contributed by atoms with Gasteiger partial charge in [0, 0.05) is 37.8 Å². The van der Waals surface area contributed by atoms with Crippen LogP contribution in [0.5, 0.6) is 0 Å². The van der Waals surface area contributed by atoms with Crippen LogP contribution >= 0.6 is 0 Å². The number of rotatable bonds is 7. The fraction of sp³-hybridized carbons (Fsp3) is 0.333. The van der Waals surface area contributed by atoms with Gasteiger partial charge in [-0.1, -0.05) is 54.6 Å². The lowest BCUT2D eigenvalue weighted by atomic mass is 9.85. The molecule has 2 aromatic carbocycles. The lowest BCUT2D eigenvalue weighted by molar-refractivity contribution is -0.134. The van der Waals surface area contributed by atoms with Gasteiger partial charge in [0.05, 0.1) is 6.54 Å². The molecule has 0 bridgehead atoms. The normalized spacial score (nSPS) is 12.2. The first-order chi connectivity index (χ1) is 13.5. The Labute approximate surface area is 167 Å². The van der Waals surface area contributed by atoms with E-state index >= 15 is 0 Å². The number of benzene rings is 2. The van der Waals surface area contributed by atoms with E-state index in [1.165, 1.54) is 16.7 Å². The van der Waals surface area contributed by atoms with Crippen molar-refractivity contribution in [2.24, 2.45) is 7.05 Å². The molecule has 146 valence electrons. The van der Waals surface area contributed by atoms with Crippen LogP contribution in [0.3, 0.4) is 0 Å². The summed E-state index contributed by atoms with van der Waals surface area (Å²) in [6.07, 6.45) is 4.13. The van der Waals surface area contributed by atoms with Gasteiger partial charge < -0.3 is 9.47 Å². The Bertz CT molecular complexity index is 914. The molecule has 0 spiro atoms. The zero-order valence-corrected chi connectivity index (χ0v) is 17.2. The van der Waals surface area contributed by atoms with Crippen molar-refractivity contribution in [2.45, 2.75) is 45.7 Å². The number of aromatic nitrogens is 2. The average Bonchev–Trinajstić information content (AvgIpc) is 3.10. The smallest absolute Gasteiger partial charge is 0.224 e. The predicted molar refractivity (Wildman–Crippen MR) is 113 cm³/mol. The Morgan fingerprint density at radius 2 is 1.75 bits per heavy atom. The molecule has 3 rings (SSSR count). The summed E-state index contributed by atoms with van der Waals surface area (Å²) < 4.78 is 1.97. The first kappa shape index (κ1) is 19.9. The Hall–Kier alpha value is -2.88. The molecule has 0 saturated carbocycles. The summed E-state index contributed by atoms with van der Waals surface area (Å²) in [6.45, 7) is 6.76. The highest BCUT2D eigenvalue weighted by Gasteiger charge is 2.25. The number of hydrogen-bond acceptors (Lipinski definition) is 2. The minimum Gasteiger partial charge on any atom is -0.337 e. The second-order valence-corrected chi connectivity index (χ2v) is 7.59. The summed E-state index contributed by atoms with van der Waals surface area (Å²) in [5, 5.41) is 0. The molecule has 4 nitrogen and oxygen atoms in total. The maximum atomic E-state index is 13.4. The zero-order chi connectivity index (χ0) is 20.1. The molecule has 0 saturated heterocycles. The van der Waals surface area contributed by atoms with Crippen LogP contribution in [-0.2, 0) is 18.4 Å². The summed E-state index contributed by atoms with van der Waals surface area (Å²) in [6, 6.07) is 18.8. The molecule has 0 aliphatic carbocycles. The number of carbonyl (C=O) groups is 1. The van der Waals surface area contributed by atoms with Crippen LogP contribution in [0.1, 0.15) is 48.7 Å². The summed E-state index contributed by atoms with van der Waals surface area (Å²) in [5.74, 6) is 1.09. The van der Waals surface area contributed by atoms with Crippen LogP contribution in [0, 0.1) is 6.92 Å². The average molecular weight is 376 g/mol. The third-order valence-corrected chi connectivity index (χ3v) is 5.32. The van der Waals surface area contributed by atoms with Gasteiger partial charge in [-0.25, -0.2) is 4.98 Å². The van der Waals surface area contributed by atoms with Crippen molar-refractivity contribution in [3.63, 3.8) is 0 Å². The third-order valence-electron chi connectivity index (χ3n) is 5.32. The van der Waals surface area contributed by atoms with Crippen LogP contribution in [0.25, 0.3) is 0 Å². The van der Waals surface area contributed by atoms with Crippen molar-refractivity contribution >= 4 is 5.91 Å². The van der Waals surface area contributed by atoms with Crippen molar-refractivity contribution in [2.75, 3.05) is 0 Å². The van der Waals surface area contributed by atoms with E-state index in [-0.39, 0.29) is 17.9 Å². The fourth-order valence-corrected chi connectivity index (χ4v) is 3.62. The first-order valence-electron chi connectivity index (χ1n) is 9.83. The molecule has 4 heteroatoms. The number of amides is 1. The zero-order valence-electron chi connectivity index (χ0n) is 17.2. The molecular weight excluding hydrogens is 346 g/mol. The Morgan fingerprint density at radius 3 is 2.36 bits per heavy atom. The molecule has 0 unspecified atom stereocenters. The standard InChI is InChI=1S/C24H29N3O/c1-18(2)27(17-23-25-14-15-26(23)4)24(28)16-22(20-11-6-5-7-12-20)21-13-9-8-10-19(21)3/h5-15,18,22H,16-17H2,1-4H3/t22-/m1/s1. The quantitative estimate of drug-likeness (QED) is 0.601. The number of carbonyl (C=O) groups excluding carboxylic acids is 1. The van der Waals surface area contributed by atoms with E-state index in [1.807, 2.05) is 47.0 Å². The molecule has 1 amide bonds. The molecule has 1 atom stereocenters. The minimum absolute atomic E-state index is 0.0394. The van der Waals surface area contributed by atoms with Gasteiger partial charge in [0.2, 0.25) is 5.91 Å². The minimum atomic E-state index is 0.0394. The van der Waals surface area contributed by atoms with E-state index in [9.17, 15) is 4.79 Å². The van der Waals surface area contributed by atoms with E-state index in [0.717, 1.165) is 5.82 Å². The van der Waals surface area contributed by atoms with Gasteiger partial charge in [0.25, 0.3) is 0 Å². The van der Waals surface area contributed by atoms with Gasteiger partial charge in [0.1, 0.15) is 5.82 Å². The van der Waals surface area contributed by atoms with E-state index in [4.69, 9.17) is 0 Å². The fourth-order valence-electron chi connectivity index (χ4n) is 3.62. The highest BCUT2D eigenvalue weighted by atomic mass is 16.2. The lowest BCUT2D eigenvalue weighted by Crippen LogP contribution is -2.38. The largest absolute Gasteiger partial charge is 0.337 e. The Morgan fingerprint density at radius 1 is 1.07 bits per heavy atom. The van der Waals surface area contributed by atoms with Crippen LogP contribution in [0.2, 0.25) is 0 Å². The molecule has 0 radical (unpaired) electrons. The van der Waals surface area contributed by atoms with Crippen molar-refractivity contribution in [3.05, 3.63) is 89.5 Å². The van der Waals surface area contributed by atoms with E-state index in [1.54, 1.807) is 6.20 Å². The molecular formula is C24H29N3O. The van der Waals surface area contributed by atoms with Gasteiger partial charge >= 0.3 is 0 Å². The number of nitrogens with zero attached hydrogens (tertiary/aromatic N) is 3. The first-order valence-corrected chi connectivity index (χ1v) is 9.83. The van der Waals surface area contributed by atoms with Crippen LogP contribution < -0.4 is 0 Å². The van der Waals surface area contributed by atoms with E-state index in [0.29, 0.717) is 13.0 Å². The van der Waals surface area contributed by atoms with Gasteiger partial charge in [-0.15, -0.1) is 0 Å². The summed E-state index contributed by atoms with van der Waals surface area (Å²) >= 11 is 0. The number of hydrogen-bond donors (Lipinski definition) is 0. The van der Waals surface area contributed by atoms with Crippen LogP contribution in [0.4, 0.5) is 0 Å². The monoisotopic (exact) mass is 375 g/mol. The van der Waals surface area contributed by atoms with Gasteiger partial charge in [-0.2, -0.15) is 0 Å². The van der Waals surface area contributed by atoms with Crippen molar-refractivity contribution < 1.29 is 4.79 Å². The Kier molecular flexibility index (Phi) is 6.30. The maximum Gasteiger partial charge on any atom is 0.224 e. The van der Waals surface area contributed by atoms with Gasteiger partial charge in [-0.3, -0.25) is 4.79 Å². The van der Waals surface area contributed by atoms with Gasteiger partial charge in [-0.05, 0) is 37.5 Å². The van der Waals surface area contributed by atoms with E-state index < -0.39 is 0 Å². The molecule has 1 aromatic heterocycles. The van der Waals surface area contributed by atoms with Crippen LogP contribution in [-0.4, -0.2) is 26.4 Å². The molecule has 0 fully saturated rings. The maximum absolute atomic E-state index is 13.4. The summed E-state index contributed by atoms with van der Waals surface area (Å²) in [5.41, 5.74) is 3.60. The van der Waals surface area contributed by atoms with Crippen molar-refractivity contribution in [3.8, 4) is 0 Å². The highest BCUT2D eigenvalue weighted by molar-refractivity contribution is 5.78. The second kappa shape index (κ2) is 8.87. The highest BCUT2D eigenvalue weighted by Crippen LogP contribution is 2.31. The topological polar surface area (TPSA) is 38.1 Å². The van der Waals surface area contributed by atoms with E-state index in [2.05, 4.69) is 56.1 Å². The van der Waals surface area contributed by atoms with Gasteiger partial charge in [0.15, 0.2) is 0 Å². The number of imidazole rings is 1. The summed E-state index contributed by atoms with van der Waals surface area (Å²) in [4.78, 5) is 19.7. The van der Waals surface area contributed by atoms with Crippen molar-refractivity contribution in [1.29, 1.82) is 0 Å². The molecule has 0 N–H and O–H groups in total. The van der Waals surface area contributed by atoms with Crippen LogP contribution in [0.15, 0.2) is 67.0 Å².